The third-order valence-corrected chi connectivity index (χ3v) is 4.83. The van der Waals surface area contributed by atoms with Gasteiger partial charge in [-0.2, -0.15) is 0 Å². The fourth-order valence-corrected chi connectivity index (χ4v) is 3.26. The third kappa shape index (κ3) is 5.25. The summed E-state index contributed by atoms with van der Waals surface area (Å²) in [7, 11) is 0. The number of hydrogen-bond acceptors (Lipinski definition) is 5. The van der Waals surface area contributed by atoms with E-state index in [4.69, 9.17) is 4.52 Å². The number of anilines is 3. The Kier molecular flexibility index (Phi) is 6.04. The van der Waals surface area contributed by atoms with E-state index in [0.29, 0.717) is 5.88 Å². The Hall–Kier alpha value is -2.50. The molecule has 0 spiro atoms. The first-order valence-corrected chi connectivity index (χ1v) is 9.78. The van der Waals surface area contributed by atoms with Gasteiger partial charge in [-0.25, -0.2) is 0 Å². The van der Waals surface area contributed by atoms with Crippen molar-refractivity contribution >= 4 is 23.2 Å². The number of nitrogens with one attached hydrogen (secondary N) is 2. The summed E-state index contributed by atoms with van der Waals surface area (Å²) in [5, 5.41) is 10.1. The van der Waals surface area contributed by atoms with Crippen LogP contribution in [0.2, 0.25) is 0 Å². The van der Waals surface area contributed by atoms with Crippen LogP contribution in [0.15, 0.2) is 34.9 Å². The molecule has 1 aromatic heterocycles. The van der Waals surface area contributed by atoms with E-state index in [0.717, 1.165) is 24.5 Å². The van der Waals surface area contributed by atoms with Crippen LogP contribution in [0.5, 0.6) is 0 Å². The van der Waals surface area contributed by atoms with Gasteiger partial charge in [-0.1, -0.05) is 50.9 Å². The molecule has 27 heavy (non-hydrogen) atoms. The standard InChI is InChI=1S/C21H30N4O2/c1-21(2,3)18-14-20(27-24-18)23-19(26)15-22-16-10-6-7-11-17(16)25-12-8-4-5-9-13-25/h6-7,10-11,14,22H,4-5,8-9,12-13,15H2,1-3H3,(H,23,26). The van der Waals surface area contributed by atoms with Crippen LogP contribution < -0.4 is 15.5 Å². The summed E-state index contributed by atoms with van der Waals surface area (Å²) in [5.74, 6) is 0.227. The van der Waals surface area contributed by atoms with Gasteiger partial charge < -0.3 is 14.7 Å². The summed E-state index contributed by atoms with van der Waals surface area (Å²) in [6.45, 7) is 8.47. The molecule has 0 saturated carbocycles. The Balaban J connectivity index is 1.59. The van der Waals surface area contributed by atoms with Crippen LogP contribution in [-0.2, 0) is 10.2 Å². The molecule has 6 nitrogen and oxygen atoms in total. The van der Waals surface area contributed by atoms with Crippen LogP contribution in [0.1, 0.15) is 52.1 Å². The molecule has 1 aliphatic heterocycles. The largest absolute Gasteiger partial charge is 0.374 e. The number of hydrogen-bond donors (Lipinski definition) is 2. The fraction of sp³-hybridized carbons (Fsp3) is 0.524. The van der Waals surface area contributed by atoms with Gasteiger partial charge in [0.05, 0.1) is 23.6 Å². The Bertz CT molecular complexity index is 756. The minimum atomic E-state index is -0.155. The highest BCUT2D eigenvalue weighted by molar-refractivity contribution is 5.93. The lowest BCUT2D eigenvalue weighted by Gasteiger charge is -2.25. The highest BCUT2D eigenvalue weighted by atomic mass is 16.5. The van der Waals surface area contributed by atoms with Crippen molar-refractivity contribution in [2.45, 2.75) is 51.9 Å². The molecule has 1 aliphatic rings. The lowest BCUT2D eigenvalue weighted by Crippen LogP contribution is -2.26. The Morgan fingerprint density at radius 3 is 2.52 bits per heavy atom. The van der Waals surface area contributed by atoms with Gasteiger partial charge >= 0.3 is 0 Å². The molecule has 0 radical (unpaired) electrons. The van der Waals surface area contributed by atoms with Gasteiger partial charge in [0.25, 0.3) is 0 Å². The van der Waals surface area contributed by atoms with Crippen LogP contribution in [-0.4, -0.2) is 30.7 Å². The van der Waals surface area contributed by atoms with Crippen molar-refractivity contribution in [1.82, 2.24) is 5.16 Å². The molecule has 2 N–H and O–H groups in total. The maximum atomic E-state index is 12.3. The van der Waals surface area contributed by atoms with Crippen LogP contribution in [0.4, 0.5) is 17.3 Å². The number of rotatable bonds is 5. The summed E-state index contributed by atoms with van der Waals surface area (Å²) in [5.41, 5.74) is 2.86. The van der Waals surface area contributed by atoms with Gasteiger partial charge in [0.1, 0.15) is 0 Å². The molecule has 1 aromatic carbocycles. The SMILES string of the molecule is CC(C)(C)c1cc(NC(=O)CNc2ccccc2N2CCCCCC2)on1. The van der Waals surface area contributed by atoms with E-state index in [9.17, 15) is 4.79 Å². The Morgan fingerprint density at radius 2 is 1.85 bits per heavy atom. The van der Waals surface area contributed by atoms with Crippen molar-refractivity contribution in [3.05, 3.63) is 36.0 Å². The van der Waals surface area contributed by atoms with Crippen LogP contribution in [0.25, 0.3) is 0 Å². The number of nitrogens with zero attached hydrogens (tertiary/aromatic N) is 2. The summed E-state index contributed by atoms with van der Waals surface area (Å²) in [4.78, 5) is 14.7. The van der Waals surface area contributed by atoms with Crippen LogP contribution in [0, 0.1) is 0 Å². The molecule has 2 aromatic rings. The molecule has 0 unspecified atom stereocenters. The predicted molar refractivity (Wildman–Crippen MR) is 109 cm³/mol. The molecule has 1 fully saturated rings. The fourth-order valence-electron chi connectivity index (χ4n) is 3.26. The molecule has 0 aliphatic carbocycles. The first kappa shape index (κ1) is 19.3. The zero-order chi connectivity index (χ0) is 19.3. The third-order valence-electron chi connectivity index (χ3n) is 4.83. The molecule has 3 rings (SSSR count). The van der Waals surface area contributed by atoms with Crippen molar-refractivity contribution < 1.29 is 9.32 Å². The first-order chi connectivity index (χ1) is 12.9. The number of aromatic nitrogens is 1. The van der Waals surface area contributed by atoms with Gasteiger partial charge in [0, 0.05) is 24.6 Å². The Morgan fingerprint density at radius 1 is 1.15 bits per heavy atom. The molecule has 1 saturated heterocycles. The lowest BCUT2D eigenvalue weighted by molar-refractivity contribution is -0.114. The van der Waals surface area contributed by atoms with E-state index in [1.807, 2.05) is 18.2 Å². The number of amides is 1. The number of carbonyl (C=O) groups is 1. The first-order valence-electron chi connectivity index (χ1n) is 9.78. The van der Waals surface area contributed by atoms with E-state index < -0.39 is 0 Å². The minimum Gasteiger partial charge on any atom is -0.374 e. The number of benzene rings is 1. The average molecular weight is 370 g/mol. The van der Waals surface area contributed by atoms with Crippen LogP contribution in [0.3, 0.4) is 0 Å². The normalized spacial score (nSPS) is 15.3. The van der Waals surface area contributed by atoms with Gasteiger partial charge in [-0.3, -0.25) is 10.1 Å². The van der Waals surface area contributed by atoms with Gasteiger partial charge in [0.2, 0.25) is 11.8 Å². The molecule has 0 atom stereocenters. The second-order valence-electron chi connectivity index (χ2n) is 8.15. The zero-order valence-corrected chi connectivity index (χ0v) is 16.5. The van der Waals surface area contributed by atoms with E-state index >= 15 is 0 Å². The molecule has 1 amide bonds. The molecular weight excluding hydrogens is 340 g/mol. The molecule has 2 heterocycles. The number of carbonyl (C=O) groups excluding carboxylic acids is 1. The van der Waals surface area contributed by atoms with Crippen molar-refractivity contribution in [3.63, 3.8) is 0 Å². The Labute approximate surface area is 161 Å². The molecule has 146 valence electrons. The van der Waals surface area contributed by atoms with Crippen molar-refractivity contribution in [1.29, 1.82) is 0 Å². The topological polar surface area (TPSA) is 70.4 Å². The quantitative estimate of drug-likeness (QED) is 0.816. The van der Waals surface area contributed by atoms with E-state index in [-0.39, 0.29) is 17.9 Å². The van der Waals surface area contributed by atoms with Crippen LogP contribution >= 0.6 is 0 Å². The zero-order valence-electron chi connectivity index (χ0n) is 16.5. The highest BCUT2D eigenvalue weighted by Gasteiger charge is 2.20. The summed E-state index contributed by atoms with van der Waals surface area (Å²) < 4.78 is 5.23. The second-order valence-corrected chi connectivity index (χ2v) is 8.15. The van der Waals surface area contributed by atoms with Gasteiger partial charge in [-0.05, 0) is 25.0 Å². The van der Waals surface area contributed by atoms with Gasteiger partial charge in [-0.15, -0.1) is 0 Å². The number of para-hydroxylation sites is 2. The van der Waals surface area contributed by atoms with E-state index in [1.165, 1.54) is 31.4 Å². The smallest absolute Gasteiger partial charge is 0.246 e. The minimum absolute atomic E-state index is 0.114. The molecule has 0 bridgehead atoms. The van der Waals surface area contributed by atoms with Crippen molar-refractivity contribution in [2.75, 3.05) is 35.2 Å². The average Bonchev–Trinajstić information content (AvgIpc) is 2.94. The summed E-state index contributed by atoms with van der Waals surface area (Å²) >= 11 is 0. The van der Waals surface area contributed by atoms with Crippen molar-refractivity contribution in [2.24, 2.45) is 0 Å². The predicted octanol–water partition coefficient (Wildman–Crippen LogP) is 4.40. The van der Waals surface area contributed by atoms with E-state index in [1.54, 1.807) is 6.07 Å². The maximum absolute atomic E-state index is 12.3. The monoisotopic (exact) mass is 370 g/mol. The molecular formula is C21H30N4O2. The second kappa shape index (κ2) is 8.46. The lowest BCUT2D eigenvalue weighted by atomic mass is 9.92. The van der Waals surface area contributed by atoms with Crippen molar-refractivity contribution in [3.8, 4) is 0 Å². The summed E-state index contributed by atoms with van der Waals surface area (Å²) in [6.07, 6.45) is 5.03. The summed E-state index contributed by atoms with van der Waals surface area (Å²) in [6, 6.07) is 9.97. The van der Waals surface area contributed by atoms with Gasteiger partial charge in [0.15, 0.2) is 0 Å². The van der Waals surface area contributed by atoms with E-state index in [2.05, 4.69) is 47.5 Å². The molecule has 6 heteroatoms. The maximum Gasteiger partial charge on any atom is 0.246 e. The highest BCUT2D eigenvalue weighted by Crippen LogP contribution is 2.28.